The van der Waals surface area contributed by atoms with Crippen LogP contribution in [-0.4, -0.2) is 82.3 Å². The molecule has 0 radical (unpaired) electrons. The number of hydrogen-bond donors (Lipinski definition) is 4. The van der Waals surface area contributed by atoms with E-state index in [4.69, 9.17) is 18.9 Å². The van der Waals surface area contributed by atoms with Crippen LogP contribution in [0.2, 0.25) is 0 Å². The van der Waals surface area contributed by atoms with Gasteiger partial charge in [-0.3, -0.25) is 0 Å². The van der Waals surface area contributed by atoms with E-state index in [9.17, 15) is 20.4 Å². The molecule has 7 aliphatic rings. The van der Waals surface area contributed by atoms with E-state index in [0.717, 1.165) is 32.3 Å². The van der Waals surface area contributed by atoms with E-state index in [1.165, 1.54) is 25.7 Å². The van der Waals surface area contributed by atoms with E-state index in [1.807, 2.05) is 0 Å². The molecule has 3 saturated heterocycles. The van der Waals surface area contributed by atoms with Crippen molar-refractivity contribution in [1.29, 1.82) is 0 Å². The maximum Gasteiger partial charge on any atom is 0.186 e. The van der Waals surface area contributed by atoms with E-state index >= 15 is 0 Å². The lowest BCUT2D eigenvalue weighted by Crippen LogP contribution is -2.59. The Morgan fingerprint density at radius 1 is 0.800 bits per heavy atom. The minimum atomic E-state index is -1.34. The molecule has 40 heavy (non-hydrogen) atoms. The Kier molecular flexibility index (Phi) is 7.00. The third-order valence-electron chi connectivity index (χ3n) is 13.7. The van der Waals surface area contributed by atoms with Gasteiger partial charge in [0, 0.05) is 12.3 Å². The summed E-state index contributed by atoms with van der Waals surface area (Å²) in [4.78, 5) is 0. The zero-order valence-electron chi connectivity index (χ0n) is 24.8. The molecule has 0 bridgehead atoms. The summed E-state index contributed by atoms with van der Waals surface area (Å²) < 4.78 is 25.2. The van der Waals surface area contributed by atoms with Crippen molar-refractivity contribution < 1.29 is 39.4 Å². The molecule has 0 unspecified atom stereocenters. The quantitative estimate of drug-likeness (QED) is 0.378. The van der Waals surface area contributed by atoms with Crippen LogP contribution in [0, 0.1) is 52.3 Å². The molecule has 7 rings (SSSR count). The Morgan fingerprint density at radius 3 is 2.35 bits per heavy atom. The van der Waals surface area contributed by atoms with Crippen molar-refractivity contribution in [2.24, 2.45) is 52.3 Å². The standard InChI is InChI=1S/C32H52O8/c1-16-7-10-32(38-14-16)17(2)26-24(40-32)12-21-19-6-5-18-11-22(33)25(39-29-28(36)27(35)23(34)15-37-29)13-31(18,4)20(19)8-9-30(21,26)3/h16-29,33-36H,5-15H2,1-4H3/t16-,17-,18-,19+,20-,21-,22-,23+,24-,25+,26-,27+,28+,29+,30-,31-,32+/m0/s1. The van der Waals surface area contributed by atoms with E-state index in [2.05, 4.69) is 27.7 Å². The minimum Gasteiger partial charge on any atom is -0.390 e. The van der Waals surface area contributed by atoms with E-state index in [-0.39, 0.29) is 23.2 Å². The summed E-state index contributed by atoms with van der Waals surface area (Å²) in [5.41, 5.74) is 0.311. The molecule has 228 valence electrons. The fourth-order valence-corrected chi connectivity index (χ4v) is 11.5. The van der Waals surface area contributed by atoms with Crippen LogP contribution in [0.5, 0.6) is 0 Å². The van der Waals surface area contributed by atoms with Gasteiger partial charge in [-0.15, -0.1) is 0 Å². The van der Waals surface area contributed by atoms with Gasteiger partial charge in [0.2, 0.25) is 0 Å². The first-order chi connectivity index (χ1) is 19.0. The van der Waals surface area contributed by atoms with Crippen molar-refractivity contribution in [2.45, 2.75) is 134 Å². The second kappa shape index (κ2) is 9.85. The number of rotatable bonds is 2. The zero-order chi connectivity index (χ0) is 28.2. The lowest BCUT2D eigenvalue weighted by atomic mass is 9.44. The largest absolute Gasteiger partial charge is 0.390 e. The van der Waals surface area contributed by atoms with Crippen LogP contribution in [-0.2, 0) is 18.9 Å². The Balaban J connectivity index is 1.09. The SMILES string of the molecule is C[C@H]1CC[C@@]2(OC1)O[C@H]1C[C@H]3[C@@H]4CC[C@H]5C[C@H](O)[C@H](O[C@H]6OC[C@@H](O)[C@@H](O)[C@H]6O)C[C@]5(C)[C@H]4CC[C@]3(C)[C@H]1[C@@H]2C. The highest BCUT2D eigenvalue weighted by Gasteiger charge is 2.69. The summed E-state index contributed by atoms with van der Waals surface area (Å²) in [6.07, 6.45) is 3.91. The Morgan fingerprint density at radius 2 is 1.60 bits per heavy atom. The van der Waals surface area contributed by atoms with Crippen LogP contribution in [0.1, 0.15) is 85.5 Å². The number of aliphatic hydroxyl groups excluding tert-OH is 4. The molecule has 4 N–H and O–H groups in total. The molecule has 0 amide bonds. The van der Waals surface area contributed by atoms with Crippen molar-refractivity contribution in [2.75, 3.05) is 13.2 Å². The third kappa shape index (κ3) is 4.06. The van der Waals surface area contributed by atoms with Gasteiger partial charge in [0.05, 0.1) is 31.5 Å². The minimum absolute atomic E-state index is 0.0416. The van der Waals surface area contributed by atoms with Gasteiger partial charge in [-0.1, -0.05) is 27.7 Å². The van der Waals surface area contributed by atoms with E-state index in [1.54, 1.807) is 0 Å². The number of ether oxygens (including phenoxy) is 4. The molecule has 1 spiro atoms. The molecule has 4 aliphatic carbocycles. The van der Waals surface area contributed by atoms with E-state index < -0.39 is 36.8 Å². The average molecular weight is 565 g/mol. The fourth-order valence-electron chi connectivity index (χ4n) is 11.5. The van der Waals surface area contributed by atoms with Crippen LogP contribution in [0.25, 0.3) is 0 Å². The molecule has 3 heterocycles. The predicted octanol–water partition coefficient (Wildman–Crippen LogP) is 3.23. The smallest absolute Gasteiger partial charge is 0.186 e. The highest BCUT2D eigenvalue weighted by Crippen LogP contribution is 2.71. The lowest BCUT2D eigenvalue weighted by Gasteiger charge is -2.62. The van der Waals surface area contributed by atoms with Gasteiger partial charge >= 0.3 is 0 Å². The third-order valence-corrected chi connectivity index (χ3v) is 13.7. The van der Waals surface area contributed by atoms with Crippen molar-refractivity contribution in [3.63, 3.8) is 0 Å². The van der Waals surface area contributed by atoms with Crippen LogP contribution in [0.4, 0.5) is 0 Å². The van der Waals surface area contributed by atoms with Crippen molar-refractivity contribution in [3.8, 4) is 0 Å². The molecule has 0 aromatic rings. The van der Waals surface area contributed by atoms with Gasteiger partial charge in [0.25, 0.3) is 0 Å². The first kappa shape index (κ1) is 28.5. The van der Waals surface area contributed by atoms with Crippen LogP contribution in [0.15, 0.2) is 0 Å². The number of fused-ring (bicyclic) bond motifs is 7. The summed E-state index contributed by atoms with van der Waals surface area (Å²) in [5.74, 6) is 3.52. The molecule has 17 atom stereocenters. The average Bonchev–Trinajstić information content (AvgIpc) is 3.36. The summed E-state index contributed by atoms with van der Waals surface area (Å²) in [7, 11) is 0. The van der Waals surface area contributed by atoms with Crippen molar-refractivity contribution in [3.05, 3.63) is 0 Å². The van der Waals surface area contributed by atoms with Crippen LogP contribution >= 0.6 is 0 Å². The summed E-state index contributed by atoms with van der Waals surface area (Å²) in [6, 6.07) is 0. The monoisotopic (exact) mass is 564 g/mol. The van der Waals surface area contributed by atoms with E-state index in [0.29, 0.717) is 54.0 Å². The van der Waals surface area contributed by atoms with Gasteiger partial charge in [0.15, 0.2) is 12.1 Å². The normalized spacial score (nSPS) is 61.5. The van der Waals surface area contributed by atoms with Gasteiger partial charge in [-0.05, 0) is 97.7 Å². The summed E-state index contributed by atoms with van der Waals surface area (Å²) >= 11 is 0. The maximum atomic E-state index is 11.1. The van der Waals surface area contributed by atoms with Gasteiger partial charge in [-0.2, -0.15) is 0 Å². The Labute approximate surface area is 239 Å². The Bertz CT molecular complexity index is 953. The number of hydrogen-bond acceptors (Lipinski definition) is 8. The van der Waals surface area contributed by atoms with Crippen molar-refractivity contribution in [1.82, 2.24) is 0 Å². The summed E-state index contributed by atoms with van der Waals surface area (Å²) in [6.45, 7) is 10.4. The molecule has 0 aromatic heterocycles. The molecule has 4 saturated carbocycles. The number of aliphatic hydroxyl groups is 4. The van der Waals surface area contributed by atoms with Gasteiger partial charge in [-0.25, -0.2) is 0 Å². The highest BCUT2D eigenvalue weighted by molar-refractivity contribution is 5.16. The topological polar surface area (TPSA) is 118 Å². The van der Waals surface area contributed by atoms with Gasteiger partial charge < -0.3 is 39.4 Å². The second-order valence-electron chi connectivity index (χ2n) is 15.6. The maximum absolute atomic E-state index is 11.1. The van der Waals surface area contributed by atoms with Crippen molar-refractivity contribution >= 4 is 0 Å². The second-order valence-corrected chi connectivity index (χ2v) is 15.6. The van der Waals surface area contributed by atoms with Crippen LogP contribution < -0.4 is 0 Å². The zero-order valence-corrected chi connectivity index (χ0v) is 24.8. The molecular formula is C32H52O8. The lowest BCUT2D eigenvalue weighted by molar-refractivity contribution is -0.301. The highest BCUT2D eigenvalue weighted by atomic mass is 16.7. The fraction of sp³-hybridized carbons (Fsp3) is 1.00. The van der Waals surface area contributed by atoms with Gasteiger partial charge in [0.1, 0.15) is 18.3 Å². The summed E-state index contributed by atoms with van der Waals surface area (Å²) in [5, 5.41) is 41.6. The molecular weight excluding hydrogens is 512 g/mol. The molecule has 8 heteroatoms. The first-order valence-electron chi connectivity index (χ1n) is 16.3. The molecule has 8 nitrogen and oxygen atoms in total. The molecule has 0 aromatic carbocycles. The predicted molar refractivity (Wildman–Crippen MR) is 146 cm³/mol. The molecule has 3 aliphatic heterocycles. The first-order valence-corrected chi connectivity index (χ1v) is 16.3. The Hall–Kier alpha value is -0.320. The molecule has 7 fully saturated rings. The van der Waals surface area contributed by atoms with Crippen LogP contribution in [0.3, 0.4) is 0 Å².